The van der Waals surface area contributed by atoms with Crippen LogP contribution in [0.25, 0.3) is 0 Å². The molecule has 3 atom stereocenters. The zero-order valence-corrected chi connectivity index (χ0v) is 15.9. The number of amides is 2. The number of hydrogen-bond donors (Lipinski definition) is 1. The van der Waals surface area contributed by atoms with Crippen molar-refractivity contribution in [2.45, 2.75) is 39.0 Å². The molecule has 1 N–H and O–H groups in total. The first-order valence-corrected chi connectivity index (χ1v) is 10.1. The monoisotopic (exact) mass is 372 g/mol. The third-order valence-electron chi connectivity index (χ3n) is 6.22. The normalized spacial score (nSPS) is 25.3. The van der Waals surface area contributed by atoms with Gasteiger partial charge in [-0.2, -0.15) is 0 Å². The lowest BCUT2D eigenvalue weighted by Gasteiger charge is -2.26. The fraction of sp³-hybridized carbons (Fsp3) is 0.619. The Hall–Kier alpha value is -2.24. The molecule has 2 bridgehead atoms. The molecule has 4 rings (SSSR count). The second-order valence-corrected chi connectivity index (χ2v) is 7.95. The van der Waals surface area contributed by atoms with Crippen molar-refractivity contribution in [1.82, 2.24) is 4.90 Å². The van der Waals surface area contributed by atoms with E-state index in [0.29, 0.717) is 49.3 Å². The zero-order chi connectivity index (χ0) is 18.8. The highest BCUT2D eigenvalue weighted by Gasteiger charge is 2.40. The van der Waals surface area contributed by atoms with Crippen molar-refractivity contribution in [3.63, 3.8) is 0 Å². The molecular weight excluding hydrogens is 344 g/mol. The topological polar surface area (TPSA) is 67.9 Å². The Kier molecular flexibility index (Phi) is 5.23. The fourth-order valence-corrected chi connectivity index (χ4v) is 4.85. The van der Waals surface area contributed by atoms with Gasteiger partial charge in [-0.15, -0.1) is 0 Å². The first-order valence-electron chi connectivity index (χ1n) is 10.1. The van der Waals surface area contributed by atoms with Gasteiger partial charge in [0.25, 0.3) is 0 Å². The smallest absolute Gasteiger partial charge is 0.243 e. The molecule has 1 aromatic carbocycles. The molecule has 0 radical (unpaired) electrons. The molecule has 2 aliphatic carbocycles. The molecule has 0 saturated heterocycles. The number of fused-ring (bicyclic) bond motifs is 3. The maximum absolute atomic E-state index is 12.7. The van der Waals surface area contributed by atoms with Crippen LogP contribution >= 0.6 is 0 Å². The van der Waals surface area contributed by atoms with Crippen LogP contribution < -0.4 is 14.8 Å². The average Bonchev–Trinajstić information content (AvgIpc) is 3.29. The number of carbonyl (C=O) groups is 2. The summed E-state index contributed by atoms with van der Waals surface area (Å²) in [5, 5.41) is 2.86. The molecule has 3 unspecified atom stereocenters. The number of ether oxygens (including phenoxy) is 2. The average molecular weight is 372 g/mol. The molecule has 6 heteroatoms. The van der Waals surface area contributed by atoms with E-state index < -0.39 is 0 Å². The van der Waals surface area contributed by atoms with E-state index in [1.54, 1.807) is 23.1 Å². The molecule has 1 aliphatic heterocycles. The maximum atomic E-state index is 12.7. The minimum Gasteiger partial charge on any atom is -0.486 e. The second kappa shape index (κ2) is 7.79. The van der Waals surface area contributed by atoms with Crippen LogP contribution in [0.5, 0.6) is 11.5 Å². The molecule has 146 valence electrons. The summed E-state index contributed by atoms with van der Waals surface area (Å²) in [6, 6.07) is 5.35. The number of hydrogen-bond acceptors (Lipinski definition) is 4. The van der Waals surface area contributed by atoms with Crippen LogP contribution in [-0.4, -0.2) is 43.0 Å². The molecule has 1 heterocycles. The Balaban J connectivity index is 1.31. The highest BCUT2D eigenvalue weighted by atomic mass is 16.6. The quantitative estimate of drug-likeness (QED) is 0.833. The molecule has 2 saturated carbocycles. The lowest BCUT2D eigenvalue weighted by Crippen LogP contribution is -2.39. The van der Waals surface area contributed by atoms with Gasteiger partial charge >= 0.3 is 0 Å². The number of nitrogens with zero attached hydrogens (tertiary/aromatic N) is 1. The number of carbonyl (C=O) groups excluding carboxylic acids is 2. The number of benzene rings is 1. The van der Waals surface area contributed by atoms with Crippen LogP contribution in [0.1, 0.15) is 39.0 Å². The van der Waals surface area contributed by atoms with Gasteiger partial charge in [0.05, 0.1) is 6.54 Å². The molecular formula is C21H28N2O4. The van der Waals surface area contributed by atoms with Crippen LogP contribution in [0.2, 0.25) is 0 Å². The first kappa shape index (κ1) is 18.1. The van der Waals surface area contributed by atoms with Crippen LogP contribution in [-0.2, 0) is 9.59 Å². The minimum atomic E-state index is -0.185. The van der Waals surface area contributed by atoms with E-state index in [1.165, 1.54) is 25.7 Å². The highest BCUT2D eigenvalue weighted by molar-refractivity contribution is 5.94. The first-order chi connectivity index (χ1) is 13.1. The van der Waals surface area contributed by atoms with Crippen molar-refractivity contribution in [3.8, 4) is 11.5 Å². The molecule has 3 aliphatic rings. The standard InChI is InChI=1S/C21H28N2O4/c1-2-23(21(25)11-16-10-14-3-4-15(16)9-14)13-20(24)22-17-5-6-18-19(12-17)27-8-7-26-18/h5-6,12,14-16H,2-4,7-11,13H2,1H3,(H,22,24). The molecule has 6 nitrogen and oxygen atoms in total. The maximum Gasteiger partial charge on any atom is 0.243 e. The third kappa shape index (κ3) is 4.04. The summed E-state index contributed by atoms with van der Waals surface area (Å²) in [6.07, 6.45) is 5.70. The Morgan fingerprint density at radius 1 is 1.15 bits per heavy atom. The largest absolute Gasteiger partial charge is 0.486 e. The van der Waals surface area contributed by atoms with Crippen LogP contribution in [0.3, 0.4) is 0 Å². The summed E-state index contributed by atoms with van der Waals surface area (Å²) in [6.45, 7) is 3.61. The van der Waals surface area contributed by atoms with Crippen molar-refractivity contribution < 1.29 is 19.1 Å². The van der Waals surface area contributed by atoms with E-state index in [4.69, 9.17) is 9.47 Å². The third-order valence-corrected chi connectivity index (χ3v) is 6.22. The van der Waals surface area contributed by atoms with Crippen molar-refractivity contribution >= 4 is 17.5 Å². The Morgan fingerprint density at radius 2 is 1.96 bits per heavy atom. The molecule has 2 fully saturated rings. The van der Waals surface area contributed by atoms with Gasteiger partial charge in [0, 0.05) is 24.7 Å². The van der Waals surface area contributed by atoms with Gasteiger partial charge in [-0.3, -0.25) is 9.59 Å². The molecule has 0 aromatic heterocycles. The highest BCUT2D eigenvalue weighted by Crippen LogP contribution is 2.49. The fourth-order valence-electron chi connectivity index (χ4n) is 4.85. The van der Waals surface area contributed by atoms with Gasteiger partial charge in [0.15, 0.2) is 11.5 Å². The van der Waals surface area contributed by atoms with Gasteiger partial charge < -0.3 is 19.7 Å². The van der Waals surface area contributed by atoms with Crippen LogP contribution in [0.4, 0.5) is 5.69 Å². The number of likely N-dealkylation sites (N-methyl/N-ethyl adjacent to an activating group) is 1. The zero-order valence-electron chi connectivity index (χ0n) is 15.9. The van der Waals surface area contributed by atoms with E-state index in [0.717, 1.165) is 11.8 Å². The Morgan fingerprint density at radius 3 is 2.67 bits per heavy atom. The minimum absolute atomic E-state index is 0.0879. The van der Waals surface area contributed by atoms with Crippen molar-refractivity contribution in [2.75, 3.05) is 31.6 Å². The summed E-state index contributed by atoms with van der Waals surface area (Å²) in [7, 11) is 0. The lowest BCUT2D eigenvalue weighted by molar-refractivity contribution is -0.135. The van der Waals surface area contributed by atoms with Crippen molar-refractivity contribution in [3.05, 3.63) is 18.2 Å². The SMILES string of the molecule is CCN(CC(=O)Nc1ccc2c(c1)OCCO2)C(=O)CC1CC2CCC1C2. The van der Waals surface area contributed by atoms with Gasteiger partial charge in [0.2, 0.25) is 11.8 Å². The van der Waals surface area contributed by atoms with Crippen molar-refractivity contribution in [2.24, 2.45) is 17.8 Å². The van der Waals surface area contributed by atoms with E-state index in [1.807, 2.05) is 6.92 Å². The molecule has 0 spiro atoms. The molecule has 1 aromatic rings. The predicted molar refractivity (Wildman–Crippen MR) is 102 cm³/mol. The lowest BCUT2D eigenvalue weighted by atomic mass is 9.86. The van der Waals surface area contributed by atoms with Gasteiger partial charge in [-0.1, -0.05) is 6.42 Å². The van der Waals surface area contributed by atoms with E-state index in [2.05, 4.69) is 5.32 Å². The Labute approximate surface area is 160 Å². The van der Waals surface area contributed by atoms with Gasteiger partial charge in [0.1, 0.15) is 13.2 Å². The second-order valence-electron chi connectivity index (χ2n) is 7.95. The summed E-state index contributed by atoms with van der Waals surface area (Å²) >= 11 is 0. The van der Waals surface area contributed by atoms with E-state index in [9.17, 15) is 9.59 Å². The predicted octanol–water partition coefficient (Wildman–Crippen LogP) is 3.07. The number of rotatable bonds is 6. The van der Waals surface area contributed by atoms with Crippen molar-refractivity contribution in [1.29, 1.82) is 0 Å². The van der Waals surface area contributed by atoms with Crippen LogP contribution in [0, 0.1) is 17.8 Å². The van der Waals surface area contributed by atoms with Gasteiger partial charge in [-0.25, -0.2) is 0 Å². The number of anilines is 1. The number of nitrogens with one attached hydrogen (secondary N) is 1. The summed E-state index contributed by atoms with van der Waals surface area (Å²) in [5.41, 5.74) is 0.654. The Bertz CT molecular complexity index is 720. The van der Waals surface area contributed by atoms with Gasteiger partial charge in [-0.05, 0) is 56.1 Å². The van der Waals surface area contributed by atoms with Crippen LogP contribution in [0.15, 0.2) is 18.2 Å². The molecule has 27 heavy (non-hydrogen) atoms. The summed E-state index contributed by atoms with van der Waals surface area (Å²) < 4.78 is 11.0. The van der Waals surface area contributed by atoms with E-state index in [-0.39, 0.29) is 18.4 Å². The van der Waals surface area contributed by atoms with E-state index >= 15 is 0 Å². The molecule has 2 amide bonds. The summed E-state index contributed by atoms with van der Waals surface area (Å²) in [5.74, 6) is 3.33. The summed E-state index contributed by atoms with van der Waals surface area (Å²) in [4.78, 5) is 26.8.